The van der Waals surface area contributed by atoms with E-state index in [4.69, 9.17) is 22.1 Å². The number of benzene rings is 1. The van der Waals surface area contributed by atoms with Gasteiger partial charge in [0, 0.05) is 23.9 Å². The highest BCUT2D eigenvalue weighted by Gasteiger charge is 2.48. The van der Waals surface area contributed by atoms with Gasteiger partial charge in [0.1, 0.15) is 17.7 Å². The maximum Gasteiger partial charge on any atom is 0.141 e. The first kappa shape index (κ1) is 13.1. The number of nitrogens with two attached hydrogens (primary N) is 1. The second-order valence-electron chi connectivity index (χ2n) is 4.97. The van der Waals surface area contributed by atoms with Crippen LogP contribution in [0.3, 0.4) is 0 Å². The number of ether oxygens (including phenoxy) is 1. The van der Waals surface area contributed by atoms with Gasteiger partial charge in [-0.25, -0.2) is 4.39 Å². The van der Waals surface area contributed by atoms with Gasteiger partial charge >= 0.3 is 0 Å². The highest BCUT2D eigenvalue weighted by Crippen LogP contribution is 2.43. The minimum Gasteiger partial charge on any atom is -0.488 e. The van der Waals surface area contributed by atoms with Crippen molar-refractivity contribution in [2.45, 2.75) is 32.4 Å². The van der Waals surface area contributed by atoms with Gasteiger partial charge in [0.25, 0.3) is 0 Å². The van der Waals surface area contributed by atoms with Crippen molar-refractivity contribution in [3.8, 4) is 5.75 Å². The Balaban J connectivity index is 2.18. The van der Waals surface area contributed by atoms with Crippen molar-refractivity contribution in [1.82, 2.24) is 0 Å². The van der Waals surface area contributed by atoms with Crippen LogP contribution in [0.2, 0.25) is 5.02 Å². The molecule has 5 heteroatoms. The van der Waals surface area contributed by atoms with E-state index in [0.717, 1.165) is 6.42 Å². The van der Waals surface area contributed by atoms with E-state index in [9.17, 15) is 4.39 Å². The minimum atomic E-state index is -0.383. The molecule has 0 heterocycles. The van der Waals surface area contributed by atoms with E-state index in [2.05, 4.69) is 15.9 Å². The molecule has 2 N–H and O–H groups in total. The lowest BCUT2D eigenvalue weighted by atomic mass is 9.65. The molecule has 1 aromatic rings. The van der Waals surface area contributed by atoms with Crippen LogP contribution in [0.5, 0.6) is 5.75 Å². The quantitative estimate of drug-likeness (QED) is 0.842. The molecule has 2 rings (SSSR count). The molecular weight excluding hydrogens is 308 g/mol. The van der Waals surface area contributed by atoms with Gasteiger partial charge in [-0.1, -0.05) is 25.4 Å². The maximum atomic E-state index is 13.4. The fourth-order valence-corrected chi connectivity index (χ4v) is 2.55. The lowest BCUT2D eigenvalue weighted by molar-refractivity contribution is -0.0400. The summed E-state index contributed by atoms with van der Waals surface area (Å²) in [4.78, 5) is 0. The van der Waals surface area contributed by atoms with Crippen LogP contribution in [-0.2, 0) is 0 Å². The zero-order chi connectivity index (χ0) is 12.8. The Morgan fingerprint density at radius 3 is 2.71 bits per heavy atom. The smallest absolute Gasteiger partial charge is 0.141 e. The summed E-state index contributed by atoms with van der Waals surface area (Å²) in [7, 11) is 0. The van der Waals surface area contributed by atoms with Crippen LogP contribution in [-0.4, -0.2) is 12.1 Å². The topological polar surface area (TPSA) is 35.2 Å². The molecule has 1 aromatic carbocycles. The lowest BCUT2D eigenvalue weighted by Crippen LogP contribution is -2.60. The van der Waals surface area contributed by atoms with E-state index in [-0.39, 0.29) is 23.4 Å². The molecule has 1 fully saturated rings. The molecule has 0 spiro atoms. The van der Waals surface area contributed by atoms with Crippen LogP contribution in [0, 0.1) is 11.2 Å². The van der Waals surface area contributed by atoms with Crippen molar-refractivity contribution in [2.75, 3.05) is 0 Å². The summed E-state index contributed by atoms with van der Waals surface area (Å²) in [6.07, 6.45) is 0.747. The molecule has 0 amide bonds. The van der Waals surface area contributed by atoms with Crippen molar-refractivity contribution in [2.24, 2.45) is 11.1 Å². The van der Waals surface area contributed by atoms with E-state index in [0.29, 0.717) is 15.2 Å². The third-order valence-electron chi connectivity index (χ3n) is 3.50. The predicted octanol–water partition coefficient (Wildman–Crippen LogP) is 3.75. The summed E-state index contributed by atoms with van der Waals surface area (Å²) in [5.74, 6) is -0.0110. The van der Waals surface area contributed by atoms with E-state index in [1.807, 2.05) is 13.8 Å². The van der Waals surface area contributed by atoms with Crippen LogP contribution in [0.4, 0.5) is 4.39 Å². The van der Waals surface area contributed by atoms with Gasteiger partial charge in [-0.2, -0.15) is 0 Å². The van der Waals surface area contributed by atoms with Crippen LogP contribution >= 0.6 is 27.5 Å². The Bertz CT molecular complexity index is 452. The molecule has 94 valence electrons. The summed E-state index contributed by atoms with van der Waals surface area (Å²) in [6, 6.07) is 2.91. The summed E-state index contributed by atoms with van der Waals surface area (Å²) >= 11 is 9.08. The van der Waals surface area contributed by atoms with E-state index in [1.54, 1.807) is 0 Å². The first-order chi connectivity index (χ1) is 7.82. The second kappa shape index (κ2) is 4.41. The molecule has 1 saturated carbocycles. The molecular formula is C12H14BrClFNO. The Labute approximate surface area is 113 Å². The lowest BCUT2D eigenvalue weighted by Gasteiger charge is -2.49. The Morgan fingerprint density at radius 1 is 1.53 bits per heavy atom. The number of rotatable bonds is 2. The first-order valence-corrected chi connectivity index (χ1v) is 6.56. The third-order valence-corrected chi connectivity index (χ3v) is 4.40. The van der Waals surface area contributed by atoms with Crippen molar-refractivity contribution in [3.63, 3.8) is 0 Å². The largest absolute Gasteiger partial charge is 0.488 e. The van der Waals surface area contributed by atoms with E-state index >= 15 is 0 Å². The van der Waals surface area contributed by atoms with Gasteiger partial charge in [-0.3, -0.25) is 0 Å². The van der Waals surface area contributed by atoms with Crippen LogP contribution in [0.15, 0.2) is 16.6 Å². The normalized spacial score (nSPS) is 26.5. The summed E-state index contributed by atoms with van der Waals surface area (Å²) in [5, 5.41) is 0.398. The number of halogens is 3. The standard InChI is InChI=1S/C12H14BrClFNO/c1-12(2)10(16)5-11(12)17-9-4-8(15)6(13)3-7(9)14/h3-4,10-11H,5,16H2,1-2H3. The molecule has 0 aliphatic heterocycles. The van der Waals surface area contributed by atoms with Gasteiger partial charge in [-0.05, 0) is 22.0 Å². The summed E-state index contributed by atoms with van der Waals surface area (Å²) < 4.78 is 19.5. The fraction of sp³-hybridized carbons (Fsp3) is 0.500. The average Bonchev–Trinajstić information content (AvgIpc) is 2.25. The van der Waals surface area contributed by atoms with Gasteiger partial charge in [-0.15, -0.1) is 0 Å². The average molecular weight is 323 g/mol. The molecule has 17 heavy (non-hydrogen) atoms. The molecule has 0 saturated heterocycles. The third kappa shape index (κ3) is 2.30. The molecule has 1 aliphatic carbocycles. The molecule has 0 aromatic heterocycles. The van der Waals surface area contributed by atoms with Crippen molar-refractivity contribution >= 4 is 27.5 Å². The Hall–Kier alpha value is -0.320. The predicted molar refractivity (Wildman–Crippen MR) is 69.9 cm³/mol. The van der Waals surface area contributed by atoms with Gasteiger partial charge in [0.15, 0.2) is 0 Å². The zero-order valence-electron chi connectivity index (χ0n) is 9.64. The van der Waals surface area contributed by atoms with Gasteiger partial charge < -0.3 is 10.5 Å². The van der Waals surface area contributed by atoms with Crippen LogP contribution < -0.4 is 10.5 Å². The van der Waals surface area contributed by atoms with E-state index < -0.39 is 0 Å². The van der Waals surface area contributed by atoms with Crippen molar-refractivity contribution in [1.29, 1.82) is 0 Å². The Kier molecular flexibility index (Phi) is 3.40. The number of hydrogen-bond acceptors (Lipinski definition) is 2. The molecule has 0 bridgehead atoms. The summed E-state index contributed by atoms with van der Waals surface area (Å²) in [5.41, 5.74) is 5.79. The molecule has 2 unspecified atom stereocenters. The SMILES string of the molecule is CC1(C)C(N)CC1Oc1cc(F)c(Br)cc1Cl. The summed E-state index contributed by atoms with van der Waals surface area (Å²) in [6.45, 7) is 4.07. The minimum absolute atomic E-state index is 0.0180. The molecule has 2 nitrogen and oxygen atoms in total. The van der Waals surface area contributed by atoms with Crippen LogP contribution in [0.1, 0.15) is 20.3 Å². The van der Waals surface area contributed by atoms with E-state index in [1.165, 1.54) is 12.1 Å². The number of hydrogen-bond donors (Lipinski definition) is 1. The van der Waals surface area contributed by atoms with Crippen LogP contribution in [0.25, 0.3) is 0 Å². The second-order valence-corrected chi connectivity index (χ2v) is 6.23. The highest BCUT2D eigenvalue weighted by atomic mass is 79.9. The van der Waals surface area contributed by atoms with Crippen molar-refractivity contribution in [3.05, 3.63) is 27.4 Å². The highest BCUT2D eigenvalue weighted by molar-refractivity contribution is 9.10. The van der Waals surface area contributed by atoms with Crippen molar-refractivity contribution < 1.29 is 9.13 Å². The molecule has 0 radical (unpaired) electrons. The first-order valence-electron chi connectivity index (χ1n) is 5.39. The maximum absolute atomic E-state index is 13.4. The van der Waals surface area contributed by atoms with Gasteiger partial charge in [0.05, 0.1) is 9.50 Å². The Morgan fingerprint density at radius 2 is 2.18 bits per heavy atom. The molecule has 2 atom stereocenters. The fourth-order valence-electron chi connectivity index (χ4n) is 1.86. The zero-order valence-corrected chi connectivity index (χ0v) is 12.0. The molecule has 1 aliphatic rings. The van der Waals surface area contributed by atoms with Gasteiger partial charge in [0.2, 0.25) is 0 Å². The monoisotopic (exact) mass is 321 g/mol.